The Bertz CT molecular complexity index is 336. The highest BCUT2D eigenvalue weighted by Crippen LogP contribution is 2.22. The minimum atomic E-state index is 0.400. The number of nitrogens with zero attached hydrogens (tertiary/aromatic N) is 2. The summed E-state index contributed by atoms with van der Waals surface area (Å²) in [7, 11) is 1.62. The fraction of sp³-hybridized carbons (Fsp3) is 0.636. The van der Waals surface area contributed by atoms with Crippen molar-refractivity contribution in [2.75, 3.05) is 12.9 Å². The molecule has 0 saturated carbocycles. The molecule has 1 aromatic heterocycles. The summed E-state index contributed by atoms with van der Waals surface area (Å²) >= 11 is 7.63. The van der Waals surface area contributed by atoms with Crippen molar-refractivity contribution in [2.45, 2.75) is 31.9 Å². The van der Waals surface area contributed by atoms with Crippen molar-refractivity contribution < 1.29 is 4.74 Å². The van der Waals surface area contributed by atoms with Gasteiger partial charge in [0.25, 0.3) is 0 Å². The lowest BCUT2D eigenvalue weighted by Crippen LogP contribution is -2.00. The third-order valence-corrected chi connectivity index (χ3v) is 3.64. The SMILES string of the molecule is CCC(C)CSc1cc(Cl)nc(COC)n1. The van der Waals surface area contributed by atoms with Crippen LogP contribution in [0.3, 0.4) is 0 Å². The van der Waals surface area contributed by atoms with Crippen LogP contribution in [0.5, 0.6) is 0 Å². The maximum atomic E-state index is 5.91. The molecule has 1 aromatic rings. The Balaban J connectivity index is 2.64. The normalized spacial score (nSPS) is 12.8. The third-order valence-electron chi connectivity index (χ3n) is 2.20. The Kier molecular flexibility index (Phi) is 6.09. The van der Waals surface area contributed by atoms with E-state index in [4.69, 9.17) is 16.3 Å². The van der Waals surface area contributed by atoms with Crippen LogP contribution in [-0.2, 0) is 11.3 Å². The molecule has 1 heterocycles. The molecule has 1 atom stereocenters. The largest absolute Gasteiger partial charge is 0.377 e. The van der Waals surface area contributed by atoms with Crippen LogP contribution in [0.1, 0.15) is 26.1 Å². The van der Waals surface area contributed by atoms with Gasteiger partial charge in [-0.15, -0.1) is 11.8 Å². The van der Waals surface area contributed by atoms with Gasteiger partial charge in [0, 0.05) is 18.9 Å². The van der Waals surface area contributed by atoms with Crippen molar-refractivity contribution in [2.24, 2.45) is 5.92 Å². The van der Waals surface area contributed by atoms with Crippen LogP contribution in [0.15, 0.2) is 11.1 Å². The van der Waals surface area contributed by atoms with Gasteiger partial charge in [-0.3, -0.25) is 0 Å². The zero-order chi connectivity index (χ0) is 12.0. The van der Waals surface area contributed by atoms with E-state index < -0.39 is 0 Å². The van der Waals surface area contributed by atoms with Gasteiger partial charge in [-0.25, -0.2) is 9.97 Å². The van der Waals surface area contributed by atoms with Gasteiger partial charge < -0.3 is 4.74 Å². The summed E-state index contributed by atoms with van der Waals surface area (Å²) in [6, 6.07) is 1.80. The lowest BCUT2D eigenvalue weighted by molar-refractivity contribution is 0.177. The van der Waals surface area contributed by atoms with Crippen molar-refractivity contribution in [3.8, 4) is 0 Å². The van der Waals surface area contributed by atoms with Crippen LogP contribution in [0.2, 0.25) is 5.15 Å². The number of thioether (sulfide) groups is 1. The van der Waals surface area contributed by atoms with Crippen molar-refractivity contribution in [1.29, 1.82) is 0 Å². The molecule has 5 heteroatoms. The number of halogens is 1. The standard InChI is InChI=1S/C11H17ClN2OS/c1-4-8(2)7-16-11-5-9(12)13-10(14-11)6-15-3/h5,8H,4,6-7H2,1-3H3. The van der Waals surface area contributed by atoms with E-state index in [9.17, 15) is 0 Å². The van der Waals surface area contributed by atoms with Gasteiger partial charge in [-0.05, 0) is 5.92 Å². The van der Waals surface area contributed by atoms with Gasteiger partial charge in [0.2, 0.25) is 0 Å². The number of hydrogen-bond donors (Lipinski definition) is 0. The van der Waals surface area contributed by atoms with Crippen molar-refractivity contribution in [3.63, 3.8) is 0 Å². The summed E-state index contributed by atoms with van der Waals surface area (Å²) in [5.41, 5.74) is 0. The molecule has 0 spiro atoms. The van der Waals surface area contributed by atoms with E-state index in [1.165, 1.54) is 6.42 Å². The highest BCUT2D eigenvalue weighted by Gasteiger charge is 2.06. The molecule has 0 aliphatic heterocycles. The summed E-state index contributed by atoms with van der Waals surface area (Å²) in [5, 5.41) is 1.40. The zero-order valence-electron chi connectivity index (χ0n) is 9.86. The monoisotopic (exact) mass is 260 g/mol. The van der Waals surface area contributed by atoms with E-state index in [0.29, 0.717) is 23.5 Å². The first-order valence-corrected chi connectivity index (χ1v) is 6.67. The lowest BCUT2D eigenvalue weighted by atomic mass is 10.2. The van der Waals surface area contributed by atoms with Gasteiger partial charge in [-0.1, -0.05) is 31.9 Å². The average Bonchev–Trinajstić information content (AvgIpc) is 2.25. The fourth-order valence-electron chi connectivity index (χ4n) is 1.06. The summed E-state index contributed by atoms with van der Waals surface area (Å²) in [5.74, 6) is 2.38. The molecule has 0 aliphatic rings. The first kappa shape index (κ1) is 13.7. The minimum absolute atomic E-state index is 0.400. The second kappa shape index (κ2) is 7.09. The first-order valence-electron chi connectivity index (χ1n) is 5.30. The minimum Gasteiger partial charge on any atom is -0.377 e. The number of ether oxygens (including phenoxy) is 1. The summed E-state index contributed by atoms with van der Waals surface area (Å²) in [6.45, 7) is 4.82. The van der Waals surface area contributed by atoms with Crippen LogP contribution in [0.25, 0.3) is 0 Å². The quantitative estimate of drug-likeness (QED) is 0.580. The highest BCUT2D eigenvalue weighted by atomic mass is 35.5. The molecule has 0 saturated heterocycles. The molecule has 16 heavy (non-hydrogen) atoms. The van der Waals surface area contributed by atoms with E-state index in [0.717, 1.165) is 10.8 Å². The maximum absolute atomic E-state index is 5.91. The molecule has 0 fully saturated rings. The molecule has 0 amide bonds. The predicted octanol–water partition coefficient (Wildman–Crippen LogP) is 3.41. The lowest BCUT2D eigenvalue weighted by Gasteiger charge is -2.08. The van der Waals surface area contributed by atoms with Crippen molar-refractivity contribution in [1.82, 2.24) is 9.97 Å². The zero-order valence-corrected chi connectivity index (χ0v) is 11.4. The predicted molar refractivity (Wildman–Crippen MR) is 67.9 cm³/mol. The molecule has 0 N–H and O–H groups in total. The molecule has 1 rings (SSSR count). The third kappa shape index (κ3) is 4.68. The summed E-state index contributed by atoms with van der Waals surface area (Å²) in [6.07, 6.45) is 1.18. The Morgan fingerprint density at radius 2 is 2.25 bits per heavy atom. The summed E-state index contributed by atoms with van der Waals surface area (Å²) < 4.78 is 4.99. The summed E-state index contributed by atoms with van der Waals surface area (Å²) in [4.78, 5) is 8.46. The molecule has 0 bridgehead atoms. The second-order valence-corrected chi connectivity index (χ2v) is 5.13. The molecule has 0 aromatic carbocycles. The highest BCUT2D eigenvalue weighted by molar-refractivity contribution is 7.99. The maximum Gasteiger partial charge on any atom is 0.156 e. The van der Waals surface area contributed by atoms with E-state index in [2.05, 4.69) is 23.8 Å². The van der Waals surface area contributed by atoms with E-state index in [-0.39, 0.29) is 0 Å². The second-order valence-electron chi connectivity index (χ2n) is 3.70. The molecular weight excluding hydrogens is 244 g/mol. The van der Waals surface area contributed by atoms with Crippen molar-refractivity contribution in [3.05, 3.63) is 17.0 Å². The van der Waals surface area contributed by atoms with Gasteiger partial charge in [0.05, 0.1) is 0 Å². The Morgan fingerprint density at radius 3 is 2.88 bits per heavy atom. The molecule has 0 radical (unpaired) electrons. The van der Waals surface area contributed by atoms with E-state index in [1.807, 2.05) is 0 Å². The molecule has 1 unspecified atom stereocenters. The Labute approximate surface area is 106 Å². The van der Waals surface area contributed by atoms with Crippen LogP contribution in [-0.4, -0.2) is 22.8 Å². The molecule has 3 nitrogen and oxygen atoms in total. The van der Waals surface area contributed by atoms with Crippen LogP contribution >= 0.6 is 23.4 Å². The van der Waals surface area contributed by atoms with E-state index in [1.54, 1.807) is 24.9 Å². The number of methoxy groups -OCH3 is 1. The van der Waals surface area contributed by atoms with Crippen molar-refractivity contribution >= 4 is 23.4 Å². The van der Waals surface area contributed by atoms with E-state index >= 15 is 0 Å². The topological polar surface area (TPSA) is 35.0 Å². The Morgan fingerprint density at radius 1 is 1.50 bits per heavy atom. The smallest absolute Gasteiger partial charge is 0.156 e. The van der Waals surface area contributed by atoms with Crippen LogP contribution < -0.4 is 0 Å². The number of aromatic nitrogens is 2. The number of rotatable bonds is 6. The molecule has 90 valence electrons. The number of hydrogen-bond acceptors (Lipinski definition) is 4. The fourth-order valence-corrected chi connectivity index (χ4v) is 2.38. The van der Waals surface area contributed by atoms with Gasteiger partial charge in [-0.2, -0.15) is 0 Å². The van der Waals surface area contributed by atoms with Gasteiger partial charge in [0.15, 0.2) is 5.82 Å². The van der Waals surface area contributed by atoms with Gasteiger partial charge >= 0.3 is 0 Å². The first-order chi connectivity index (χ1) is 7.65. The molecular formula is C11H17ClN2OS. The molecule has 0 aliphatic carbocycles. The Hall–Kier alpha value is -0.320. The van der Waals surface area contributed by atoms with Crippen LogP contribution in [0.4, 0.5) is 0 Å². The average molecular weight is 261 g/mol. The van der Waals surface area contributed by atoms with Gasteiger partial charge in [0.1, 0.15) is 16.8 Å². The van der Waals surface area contributed by atoms with Crippen LogP contribution in [0, 0.1) is 5.92 Å².